The number of aromatic nitrogens is 1. The number of ether oxygens (including phenoxy) is 2. The minimum atomic E-state index is -0.798. The van der Waals surface area contributed by atoms with Gasteiger partial charge in [0.15, 0.2) is 0 Å². The number of carbonyl (C=O) groups is 3. The summed E-state index contributed by atoms with van der Waals surface area (Å²) in [4.78, 5) is 36.3. The van der Waals surface area contributed by atoms with Crippen molar-refractivity contribution in [3.8, 4) is 0 Å². The first-order chi connectivity index (χ1) is 21.3. The number of amides is 1. The first-order valence-electron chi connectivity index (χ1n) is 15.6. The van der Waals surface area contributed by atoms with Crippen LogP contribution < -0.4 is 5.32 Å². The first-order valence-corrected chi connectivity index (χ1v) is 15.6. The number of esters is 1. The fourth-order valence-electron chi connectivity index (χ4n) is 4.95. The van der Waals surface area contributed by atoms with Crippen molar-refractivity contribution in [2.45, 2.75) is 92.9 Å². The maximum atomic E-state index is 13.1. The number of rotatable bonds is 17. The number of allylic oxidation sites excluding steroid dienone is 8. The number of hydrogen-bond acceptors (Lipinski definition) is 8. The molecule has 0 fully saturated rings. The van der Waals surface area contributed by atoms with Gasteiger partial charge < -0.3 is 24.4 Å². The van der Waals surface area contributed by atoms with Crippen LogP contribution in [0.15, 0.2) is 82.0 Å². The zero-order chi connectivity index (χ0) is 33.4. The maximum absolute atomic E-state index is 13.1. The van der Waals surface area contributed by atoms with Gasteiger partial charge in [0.2, 0.25) is 0 Å². The van der Waals surface area contributed by atoms with E-state index in [1.165, 1.54) is 6.08 Å². The smallest absolute Gasteiger partial charge is 0.407 e. The lowest BCUT2D eigenvalue weighted by Crippen LogP contribution is -2.34. The summed E-state index contributed by atoms with van der Waals surface area (Å²) in [7, 11) is 0. The number of aliphatic hydroxyl groups excluding tert-OH is 1. The van der Waals surface area contributed by atoms with Crippen molar-refractivity contribution in [2.75, 3.05) is 6.61 Å². The van der Waals surface area contributed by atoms with Crippen molar-refractivity contribution in [2.24, 2.45) is 17.8 Å². The van der Waals surface area contributed by atoms with Crippen molar-refractivity contribution in [3.63, 3.8) is 0 Å². The largest absolute Gasteiger partial charge is 0.455 e. The third kappa shape index (κ3) is 14.6. The molecule has 2 heterocycles. The number of aliphatic hydroxyl groups is 1. The standard InChI is InChI=1S/C36H50N2O7/c1-24(16-17-32-14-11-15-33(39)44-32)12-9-8-10-13-25(2)20-27(4)34(40)30(7)35(41)28(5)21-26(3)18-19-43-36(42)37-23-31-22-29(6)45-38-31/h10-13,15-18,20,22,27-28,30,32,35,41H,8-9,14,19,21,23H2,1-7H3,(H,37,42)/b13-10+,17-16+,24-12-,25-20+,26-18+. The molecule has 0 saturated carbocycles. The van der Waals surface area contributed by atoms with Gasteiger partial charge in [-0.1, -0.05) is 79.1 Å². The van der Waals surface area contributed by atoms with Crippen LogP contribution in [0.25, 0.3) is 0 Å². The van der Waals surface area contributed by atoms with E-state index >= 15 is 0 Å². The van der Waals surface area contributed by atoms with E-state index in [4.69, 9.17) is 14.0 Å². The molecule has 1 aliphatic heterocycles. The summed E-state index contributed by atoms with van der Waals surface area (Å²) in [5, 5.41) is 17.4. The summed E-state index contributed by atoms with van der Waals surface area (Å²) in [5.74, 6) is -0.637. The molecular formula is C36H50N2O7. The van der Waals surface area contributed by atoms with Crippen molar-refractivity contribution in [1.82, 2.24) is 10.5 Å². The van der Waals surface area contributed by atoms with Gasteiger partial charge in [0.25, 0.3) is 0 Å². The number of carbonyl (C=O) groups excluding carboxylic acids is 3. The lowest BCUT2D eigenvalue weighted by Gasteiger charge is -2.26. The van der Waals surface area contributed by atoms with E-state index in [9.17, 15) is 19.5 Å². The summed E-state index contributed by atoms with van der Waals surface area (Å²) in [6, 6.07) is 1.74. The van der Waals surface area contributed by atoms with Crippen LogP contribution in [-0.4, -0.2) is 46.9 Å². The first kappa shape index (κ1) is 37.2. The van der Waals surface area contributed by atoms with Crippen LogP contribution in [0.5, 0.6) is 0 Å². The molecule has 0 saturated heterocycles. The molecule has 9 nitrogen and oxygen atoms in total. The van der Waals surface area contributed by atoms with Gasteiger partial charge in [0.05, 0.1) is 12.6 Å². The highest BCUT2D eigenvalue weighted by Gasteiger charge is 2.29. The summed E-state index contributed by atoms with van der Waals surface area (Å²) < 4.78 is 15.4. The number of ketones is 1. The van der Waals surface area contributed by atoms with Gasteiger partial charge in [-0.2, -0.15) is 0 Å². The van der Waals surface area contributed by atoms with Gasteiger partial charge in [-0.3, -0.25) is 4.79 Å². The molecule has 0 aromatic carbocycles. The number of cyclic esters (lactones) is 1. The number of unbranched alkanes of at least 4 members (excludes halogenated alkanes) is 1. The summed E-state index contributed by atoms with van der Waals surface area (Å²) in [5.41, 5.74) is 3.68. The molecule has 246 valence electrons. The molecule has 2 N–H and O–H groups in total. The minimum Gasteiger partial charge on any atom is -0.455 e. The number of hydrogen-bond donors (Lipinski definition) is 2. The molecule has 0 bridgehead atoms. The van der Waals surface area contributed by atoms with Crippen molar-refractivity contribution < 1.29 is 33.5 Å². The Bertz CT molecular complexity index is 1310. The van der Waals surface area contributed by atoms with Crippen LogP contribution in [0.1, 0.15) is 78.7 Å². The Balaban J connectivity index is 1.72. The number of nitrogens with zero attached hydrogens (tertiary/aromatic N) is 1. The van der Waals surface area contributed by atoms with E-state index in [0.717, 1.165) is 29.6 Å². The van der Waals surface area contributed by atoms with Crippen molar-refractivity contribution >= 4 is 17.8 Å². The SMILES string of the molecule is CC(=C/CC/C=C/C(C)=C/C(C)C(=O)C(C)C(O)C(C)C/C(C)=C/COC(=O)NCc1cc(C)on1)/C=C/C1CC=CC(=O)O1. The molecular weight excluding hydrogens is 572 g/mol. The van der Waals surface area contributed by atoms with E-state index in [1.807, 2.05) is 65.0 Å². The molecule has 2 rings (SSSR count). The monoisotopic (exact) mass is 622 g/mol. The quantitative estimate of drug-likeness (QED) is 0.0820. The molecule has 0 spiro atoms. The summed E-state index contributed by atoms with van der Waals surface area (Å²) in [6.45, 7) is 13.6. The Kier molecular flexibility index (Phi) is 16.1. The molecule has 1 aliphatic rings. The van der Waals surface area contributed by atoms with Crippen LogP contribution in [0, 0.1) is 24.7 Å². The molecule has 0 aliphatic carbocycles. The lowest BCUT2D eigenvalue weighted by molar-refractivity contribution is -0.141. The van der Waals surface area contributed by atoms with Gasteiger partial charge in [-0.15, -0.1) is 0 Å². The molecule has 9 heteroatoms. The fourth-order valence-corrected chi connectivity index (χ4v) is 4.95. The Hall–Kier alpha value is -3.98. The van der Waals surface area contributed by atoms with Crippen molar-refractivity contribution in [3.05, 3.63) is 88.9 Å². The third-order valence-corrected chi connectivity index (χ3v) is 7.53. The predicted molar refractivity (Wildman–Crippen MR) is 175 cm³/mol. The Labute approximate surface area is 267 Å². The van der Waals surface area contributed by atoms with Crippen LogP contribution in [0.3, 0.4) is 0 Å². The highest BCUT2D eigenvalue weighted by atomic mass is 16.5. The van der Waals surface area contributed by atoms with Crippen molar-refractivity contribution in [1.29, 1.82) is 0 Å². The minimum absolute atomic E-state index is 0.00414. The van der Waals surface area contributed by atoms with E-state index in [0.29, 0.717) is 24.3 Å². The number of nitrogens with one attached hydrogen (secondary N) is 1. The highest BCUT2D eigenvalue weighted by Crippen LogP contribution is 2.24. The second kappa shape index (κ2) is 19.4. The Morgan fingerprint density at radius 1 is 1.13 bits per heavy atom. The average Bonchev–Trinajstić information content (AvgIpc) is 3.42. The van der Waals surface area contributed by atoms with Gasteiger partial charge in [0, 0.05) is 30.4 Å². The lowest BCUT2D eigenvalue weighted by atomic mass is 9.83. The number of alkyl carbamates (subject to hydrolysis) is 1. The second-order valence-electron chi connectivity index (χ2n) is 11.9. The number of Topliss-reactive ketones (excluding diaryl/α,β-unsaturated/α-hetero) is 1. The van der Waals surface area contributed by atoms with E-state index < -0.39 is 18.1 Å². The predicted octanol–water partition coefficient (Wildman–Crippen LogP) is 7.04. The molecule has 0 radical (unpaired) electrons. The molecule has 45 heavy (non-hydrogen) atoms. The molecule has 5 unspecified atom stereocenters. The average molecular weight is 623 g/mol. The van der Waals surface area contributed by atoms with Crippen LogP contribution >= 0.6 is 0 Å². The van der Waals surface area contributed by atoms with Gasteiger partial charge in [-0.25, -0.2) is 9.59 Å². The topological polar surface area (TPSA) is 128 Å². The van der Waals surface area contributed by atoms with Crippen LogP contribution in [0.2, 0.25) is 0 Å². The molecule has 1 aromatic heterocycles. The van der Waals surface area contributed by atoms with Gasteiger partial charge >= 0.3 is 12.1 Å². The summed E-state index contributed by atoms with van der Waals surface area (Å²) >= 11 is 0. The maximum Gasteiger partial charge on any atom is 0.407 e. The van der Waals surface area contributed by atoms with E-state index in [1.54, 1.807) is 26.0 Å². The molecule has 5 atom stereocenters. The normalized spacial score (nSPS) is 19.0. The zero-order valence-corrected chi connectivity index (χ0v) is 27.7. The second-order valence-corrected chi connectivity index (χ2v) is 11.9. The highest BCUT2D eigenvalue weighted by molar-refractivity contribution is 5.85. The molecule has 1 amide bonds. The fraction of sp³-hybridized carbons (Fsp3) is 0.500. The van der Waals surface area contributed by atoms with Crippen LogP contribution in [-0.2, 0) is 25.6 Å². The third-order valence-electron chi connectivity index (χ3n) is 7.53. The van der Waals surface area contributed by atoms with Gasteiger partial charge in [-0.05, 0) is 65.0 Å². The number of aryl methyl sites for hydroxylation is 1. The van der Waals surface area contributed by atoms with E-state index in [2.05, 4.69) is 22.6 Å². The molecule has 1 aromatic rings. The van der Waals surface area contributed by atoms with Crippen LogP contribution in [0.4, 0.5) is 4.79 Å². The summed E-state index contributed by atoms with van der Waals surface area (Å²) in [6.07, 6.45) is 18.6. The van der Waals surface area contributed by atoms with E-state index in [-0.39, 0.29) is 42.8 Å². The Morgan fingerprint density at radius 3 is 2.58 bits per heavy atom. The Morgan fingerprint density at radius 2 is 1.89 bits per heavy atom. The zero-order valence-electron chi connectivity index (χ0n) is 27.7. The van der Waals surface area contributed by atoms with Gasteiger partial charge in [0.1, 0.15) is 29.9 Å².